The highest BCUT2D eigenvalue weighted by molar-refractivity contribution is 9.10. The summed E-state index contributed by atoms with van der Waals surface area (Å²) in [6, 6.07) is 5.23. The number of carbonyl (C=O) groups excluding carboxylic acids is 2. The van der Waals surface area contributed by atoms with E-state index in [4.69, 9.17) is 0 Å². The fourth-order valence-electron chi connectivity index (χ4n) is 1.88. The molecule has 1 unspecified atom stereocenters. The fourth-order valence-corrected chi connectivity index (χ4v) is 2.23. The van der Waals surface area contributed by atoms with Crippen LogP contribution in [0.15, 0.2) is 22.7 Å². The van der Waals surface area contributed by atoms with Gasteiger partial charge in [-0.05, 0) is 31.5 Å². The van der Waals surface area contributed by atoms with Gasteiger partial charge in [-0.1, -0.05) is 22.0 Å². The van der Waals surface area contributed by atoms with Crippen molar-refractivity contribution in [3.8, 4) is 0 Å². The third kappa shape index (κ3) is 2.34. The van der Waals surface area contributed by atoms with Crippen molar-refractivity contribution >= 4 is 33.4 Å². The van der Waals surface area contributed by atoms with Crippen LogP contribution in [0.5, 0.6) is 0 Å². The van der Waals surface area contributed by atoms with Gasteiger partial charge in [0.2, 0.25) is 11.8 Å². The average Bonchev–Trinajstić information content (AvgIpc) is 2.27. The highest BCUT2D eigenvalue weighted by Gasteiger charge is 2.31. The van der Waals surface area contributed by atoms with E-state index in [9.17, 15) is 9.59 Å². The van der Waals surface area contributed by atoms with E-state index in [0.29, 0.717) is 0 Å². The molecule has 0 spiro atoms. The molecule has 1 aromatic rings. The van der Waals surface area contributed by atoms with E-state index in [1.807, 2.05) is 25.1 Å². The van der Waals surface area contributed by atoms with Crippen LogP contribution in [0.1, 0.15) is 12.5 Å². The summed E-state index contributed by atoms with van der Waals surface area (Å²) < 4.78 is 0.893. The number of anilines is 1. The quantitative estimate of drug-likeness (QED) is 0.856. The lowest BCUT2D eigenvalue weighted by molar-refractivity contribution is -0.130. The number of hydrogen-bond acceptors (Lipinski definition) is 2. The van der Waals surface area contributed by atoms with Gasteiger partial charge in [0.15, 0.2) is 0 Å². The van der Waals surface area contributed by atoms with Gasteiger partial charge >= 0.3 is 0 Å². The Morgan fingerprint density at radius 3 is 2.82 bits per heavy atom. The standard InChI is InChI=1S/C12H13BrN2O2/c1-7-3-4-9(13)5-10(7)15-6-11(16)14-8(2)12(15)17/h3-5,8H,6H2,1-2H3,(H,14,16). The van der Waals surface area contributed by atoms with E-state index in [0.717, 1.165) is 15.7 Å². The van der Waals surface area contributed by atoms with Crippen LogP contribution < -0.4 is 10.2 Å². The minimum atomic E-state index is -0.463. The van der Waals surface area contributed by atoms with Crippen LogP contribution in [-0.2, 0) is 9.59 Å². The third-order valence-electron chi connectivity index (χ3n) is 2.78. The second-order valence-electron chi connectivity index (χ2n) is 4.14. The number of carbonyl (C=O) groups is 2. The number of benzene rings is 1. The normalized spacial score (nSPS) is 20.4. The molecule has 17 heavy (non-hydrogen) atoms. The lowest BCUT2D eigenvalue weighted by atomic mass is 10.1. The zero-order chi connectivity index (χ0) is 12.6. The van der Waals surface area contributed by atoms with Crippen LogP contribution in [0, 0.1) is 6.92 Å². The Bertz CT molecular complexity index is 487. The molecule has 0 saturated carbocycles. The molecule has 1 saturated heterocycles. The van der Waals surface area contributed by atoms with Crippen molar-refractivity contribution < 1.29 is 9.59 Å². The molecule has 4 nitrogen and oxygen atoms in total. The summed E-state index contributed by atoms with van der Waals surface area (Å²) in [5.74, 6) is -0.206. The SMILES string of the molecule is Cc1ccc(Br)cc1N1CC(=O)NC(C)C1=O. The number of halogens is 1. The van der Waals surface area contributed by atoms with Gasteiger partial charge in [0.05, 0.1) is 0 Å². The smallest absolute Gasteiger partial charge is 0.249 e. The van der Waals surface area contributed by atoms with Crippen LogP contribution in [0.4, 0.5) is 5.69 Å². The summed E-state index contributed by atoms with van der Waals surface area (Å²) in [6.45, 7) is 3.70. The highest BCUT2D eigenvalue weighted by Crippen LogP contribution is 2.26. The van der Waals surface area contributed by atoms with Gasteiger partial charge in [-0.15, -0.1) is 0 Å². The molecule has 0 aliphatic carbocycles. The summed E-state index contributed by atoms with van der Waals surface area (Å²) in [5, 5.41) is 2.62. The Morgan fingerprint density at radius 1 is 1.41 bits per heavy atom. The number of nitrogens with one attached hydrogen (secondary N) is 1. The molecule has 0 bridgehead atoms. The first-order valence-corrected chi connectivity index (χ1v) is 6.15. The molecule has 90 valence electrons. The van der Waals surface area contributed by atoms with Crippen molar-refractivity contribution in [2.45, 2.75) is 19.9 Å². The molecular weight excluding hydrogens is 284 g/mol. The van der Waals surface area contributed by atoms with Crippen molar-refractivity contribution in [3.05, 3.63) is 28.2 Å². The molecule has 1 N–H and O–H groups in total. The predicted molar refractivity (Wildman–Crippen MR) is 68.8 cm³/mol. The molecule has 1 aliphatic heterocycles. The van der Waals surface area contributed by atoms with E-state index in [1.54, 1.807) is 6.92 Å². The molecule has 2 amide bonds. The van der Waals surface area contributed by atoms with Crippen LogP contribution in [0.25, 0.3) is 0 Å². The van der Waals surface area contributed by atoms with Crippen LogP contribution >= 0.6 is 15.9 Å². The van der Waals surface area contributed by atoms with Gasteiger partial charge in [0, 0.05) is 10.2 Å². The lowest BCUT2D eigenvalue weighted by Gasteiger charge is -2.31. The summed E-state index contributed by atoms with van der Waals surface area (Å²) in [4.78, 5) is 25.0. The summed E-state index contributed by atoms with van der Waals surface area (Å²) in [7, 11) is 0. The molecule has 1 aliphatic rings. The molecule has 2 rings (SSSR count). The average molecular weight is 297 g/mol. The van der Waals surface area contributed by atoms with Crippen LogP contribution in [-0.4, -0.2) is 24.4 Å². The first-order valence-electron chi connectivity index (χ1n) is 5.36. The lowest BCUT2D eigenvalue weighted by Crippen LogP contribution is -2.57. The topological polar surface area (TPSA) is 49.4 Å². The Morgan fingerprint density at radius 2 is 2.12 bits per heavy atom. The number of nitrogens with zero attached hydrogens (tertiary/aromatic N) is 1. The van der Waals surface area contributed by atoms with Crippen molar-refractivity contribution in [2.75, 3.05) is 11.4 Å². The van der Waals surface area contributed by atoms with E-state index in [1.165, 1.54) is 4.90 Å². The Balaban J connectivity index is 2.41. The summed E-state index contributed by atoms with van der Waals surface area (Å²) in [6.07, 6.45) is 0. The maximum absolute atomic E-state index is 12.0. The van der Waals surface area contributed by atoms with Gasteiger partial charge in [-0.3, -0.25) is 9.59 Å². The second kappa shape index (κ2) is 4.49. The Labute approximate surface area is 108 Å². The molecule has 0 radical (unpaired) electrons. The van der Waals surface area contributed by atoms with Crippen LogP contribution in [0.3, 0.4) is 0 Å². The molecule has 1 atom stereocenters. The fraction of sp³-hybridized carbons (Fsp3) is 0.333. The highest BCUT2D eigenvalue weighted by atomic mass is 79.9. The third-order valence-corrected chi connectivity index (χ3v) is 3.27. The number of piperazine rings is 1. The molecular formula is C12H13BrN2O2. The molecule has 5 heteroatoms. The minimum absolute atomic E-state index is 0.0780. The Hall–Kier alpha value is -1.36. The number of amides is 2. The summed E-state index contributed by atoms with van der Waals surface area (Å²) >= 11 is 3.37. The number of rotatable bonds is 1. The maximum atomic E-state index is 12.0. The van der Waals surface area contributed by atoms with E-state index < -0.39 is 6.04 Å². The van der Waals surface area contributed by atoms with E-state index in [-0.39, 0.29) is 18.4 Å². The minimum Gasteiger partial charge on any atom is -0.343 e. The van der Waals surface area contributed by atoms with E-state index in [2.05, 4.69) is 21.2 Å². The Kier molecular flexibility index (Phi) is 3.19. The molecule has 0 aromatic heterocycles. The zero-order valence-electron chi connectivity index (χ0n) is 9.66. The first kappa shape index (κ1) is 12.1. The zero-order valence-corrected chi connectivity index (χ0v) is 11.2. The monoisotopic (exact) mass is 296 g/mol. The number of aryl methyl sites for hydroxylation is 1. The van der Waals surface area contributed by atoms with Crippen molar-refractivity contribution in [1.82, 2.24) is 5.32 Å². The van der Waals surface area contributed by atoms with Gasteiger partial charge in [0.25, 0.3) is 0 Å². The van der Waals surface area contributed by atoms with Gasteiger partial charge in [-0.2, -0.15) is 0 Å². The molecule has 1 fully saturated rings. The maximum Gasteiger partial charge on any atom is 0.249 e. The first-order chi connectivity index (χ1) is 7.99. The largest absolute Gasteiger partial charge is 0.343 e. The number of hydrogen-bond donors (Lipinski definition) is 1. The van der Waals surface area contributed by atoms with E-state index >= 15 is 0 Å². The van der Waals surface area contributed by atoms with Crippen LogP contribution in [0.2, 0.25) is 0 Å². The van der Waals surface area contributed by atoms with Crippen molar-refractivity contribution in [2.24, 2.45) is 0 Å². The van der Waals surface area contributed by atoms with Crippen molar-refractivity contribution in [3.63, 3.8) is 0 Å². The second-order valence-corrected chi connectivity index (χ2v) is 5.06. The van der Waals surface area contributed by atoms with Gasteiger partial charge < -0.3 is 10.2 Å². The predicted octanol–water partition coefficient (Wildman–Crippen LogP) is 1.61. The molecule has 1 heterocycles. The van der Waals surface area contributed by atoms with Crippen molar-refractivity contribution in [1.29, 1.82) is 0 Å². The summed E-state index contributed by atoms with van der Waals surface area (Å²) in [5.41, 5.74) is 1.76. The molecule has 1 aromatic carbocycles. The van der Waals surface area contributed by atoms with Gasteiger partial charge in [-0.25, -0.2) is 0 Å². The van der Waals surface area contributed by atoms with Gasteiger partial charge in [0.1, 0.15) is 12.6 Å².